The Hall–Kier alpha value is -4.13. The fourth-order valence-corrected chi connectivity index (χ4v) is 4.37. The third-order valence-corrected chi connectivity index (χ3v) is 6.20. The van der Waals surface area contributed by atoms with Crippen LogP contribution in [0.2, 0.25) is 0 Å². The number of anilines is 1. The van der Waals surface area contributed by atoms with Gasteiger partial charge >= 0.3 is 6.09 Å². The summed E-state index contributed by atoms with van der Waals surface area (Å²) in [5.74, 6) is -0.108. The van der Waals surface area contributed by atoms with Crippen molar-refractivity contribution in [2.24, 2.45) is 5.92 Å². The Balaban J connectivity index is 1.51. The Morgan fingerprint density at radius 1 is 0.946 bits per heavy atom. The summed E-state index contributed by atoms with van der Waals surface area (Å²) < 4.78 is 5.74. The van der Waals surface area contributed by atoms with Gasteiger partial charge in [0, 0.05) is 12.2 Å². The van der Waals surface area contributed by atoms with Crippen LogP contribution in [-0.4, -0.2) is 35.4 Å². The molecule has 0 aromatic heterocycles. The second kappa shape index (κ2) is 11.7. The standard InChI is InChI=1S/C30H33N3O4/c1-20(2)18-31-29(35)27-28(37-30(36)33(27)19-23-11-7-8-21(3)16-23)24-12-14-25(15-13-24)32-26(34)17-22-9-5-4-6-10-22/h4-16,20,27-28H,17-19H2,1-3H3,(H,31,35)(H,32,34). The summed E-state index contributed by atoms with van der Waals surface area (Å²) in [6, 6.07) is 23.7. The summed E-state index contributed by atoms with van der Waals surface area (Å²) in [6.45, 7) is 6.79. The lowest BCUT2D eigenvalue weighted by Crippen LogP contribution is -2.47. The summed E-state index contributed by atoms with van der Waals surface area (Å²) in [5, 5.41) is 5.86. The molecular formula is C30H33N3O4. The fraction of sp³-hybridized carbons (Fsp3) is 0.300. The third-order valence-electron chi connectivity index (χ3n) is 6.20. The molecule has 7 nitrogen and oxygen atoms in total. The van der Waals surface area contributed by atoms with Gasteiger partial charge in [0.2, 0.25) is 11.8 Å². The van der Waals surface area contributed by atoms with Crippen LogP contribution in [0.1, 0.15) is 42.2 Å². The monoisotopic (exact) mass is 499 g/mol. The van der Waals surface area contributed by atoms with Gasteiger partial charge in [0.1, 0.15) is 0 Å². The van der Waals surface area contributed by atoms with Crippen LogP contribution in [0.15, 0.2) is 78.9 Å². The van der Waals surface area contributed by atoms with E-state index in [1.165, 1.54) is 4.90 Å². The number of hydrogen-bond donors (Lipinski definition) is 2. The minimum atomic E-state index is -0.815. The van der Waals surface area contributed by atoms with Crippen molar-refractivity contribution in [1.29, 1.82) is 0 Å². The van der Waals surface area contributed by atoms with Gasteiger partial charge in [0.15, 0.2) is 12.1 Å². The third kappa shape index (κ3) is 6.76. The van der Waals surface area contributed by atoms with E-state index in [4.69, 9.17) is 4.74 Å². The van der Waals surface area contributed by atoms with Gasteiger partial charge in [-0.1, -0.05) is 86.1 Å². The molecule has 0 spiro atoms. The van der Waals surface area contributed by atoms with Crippen LogP contribution in [0.4, 0.5) is 10.5 Å². The zero-order chi connectivity index (χ0) is 26.4. The van der Waals surface area contributed by atoms with E-state index in [9.17, 15) is 14.4 Å². The highest BCUT2D eigenvalue weighted by atomic mass is 16.6. The first-order chi connectivity index (χ1) is 17.8. The molecule has 2 N–H and O–H groups in total. The number of carbonyl (C=O) groups excluding carboxylic acids is 3. The number of nitrogens with one attached hydrogen (secondary N) is 2. The summed E-state index contributed by atoms with van der Waals surface area (Å²) in [6.07, 6.45) is -1.02. The van der Waals surface area contributed by atoms with Gasteiger partial charge in [-0.2, -0.15) is 0 Å². The van der Waals surface area contributed by atoms with Crippen molar-refractivity contribution < 1.29 is 19.1 Å². The highest BCUT2D eigenvalue weighted by Gasteiger charge is 2.46. The van der Waals surface area contributed by atoms with Crippen LogP contribution < -0.4 is 10.6 Å². The van der Waals surface area contributed by atoms with Gasteiger partial charge in [-0.25, -0.2) is 4.79 Å². The molecule has 0 saturated carbocycles. The van der Waals surface area contributed by atoms with Gasteiger partial charge in [-0.3, -0.25) is 14.5 Å². The van der Waals surface area contributed by atoms with Crippen molar-refractivity contribution >= 4 is 23.6 Å². The Labute approximate surface area is 217 Å². The maximum Gasteiger partial charge on any atom is 0.411 e. The van der Waals surface area contributed by atoms with E-state index in [-0.39, 0.29) is 30.7 Å². The van der Waals surface area contributed by atoms with Crippen molar-refractivity contribution in [3.63, 3.8) is 0 Å². The molecule has 1 fully saturated rings. The van der Waals surface area contributed by atoms with Gasteiger partial charge in [0.05, 0.1) is 13.0 Å². The predicted molar refractivity (Wildman–Crippen MR) is 143 cm³/mol. The number of ether oxygens (including phenoxy) is 1. The molecule has 1 heterocycles. The normalized spacial score (nSPS) is 17.0. The smallest absolute Gasteiger partial charge is 0.411 e. The van der Waals surface area contributed by atoms with E-state index in [0.717, 1.165) is 16.7 Å². The average molecular weight is 500 g/mol. The Kier molecular flexibility index (Phi) is 8.23. The maximum absolute atomic E-state index is 13.3. The first kappa shape index (κ1) is 25.9. The van der Waals surface area contributed by atoms with E-state index >= 15 is 0 Å². The Morgan fingerprint density at radius 2 is 1.65 bits per heavy atom. The number of aryl methyl sites for hydroxylation is 1. The molecule has 3 aromatic rings. The van der Waals surface area contributed by atoms with Crippen LogP contribution in [0.25, 0.3) is 0 Å². The molecule has 0 bridgehead atoms. The molecule has 2 unspecified atom stereocenters. The molecule has 7 heteroatoms. The second-order valence-electron chi connectivity index (χ2n) is 9.84. The highest BCUT2D eigenvalue weighted by Crippen LogP contribution is 2.34. The number of amides is 3. The molecule has 1 aliphatic heterocycles. The highest BCUT2D eigenvalue weighted by molar-refractivity contribution is 5.92. The lowest BCUT2D eigenvalue weighted by Gasteiger charge is -2.25. The SMILES string of the molecule is Cc1cccc(CN2C(=O)OC(c3ccc(NC(=O)Cc4ccccc4)cc3)C2C(=O)NCC(C)C)c1. The van der Waals surface area contributed by atoms with Crippen molar-refractivity contribution in [3.05, 3.63) is 101 Å². The summed E-state index contributed by atoms with van der Waals surface area (Å²) in [7, 11) is 0. The summed E-state index contributed by atoms with van der Waals surface area (Å²) in [5.41, 5.74) is 4.25. The summed E-state index contributed by atoms with van der Waals surface area (Å²) >= 11 is 0. The first-order valence-corrected chi connectivity index (χ1v) is 12.5. The molecule has 192 valence electrons. The van der Waals surface area contributed by atoms with Gasteiger partial charge in [-0.05, 0) is 41.7 Å². The fourth-order valence-electron chi connectivity index (χ4n) is 4.37. The molecule has 3 aromatic carbocycles. The van der Waals surface area contributed by atoms with E-state index in [1.807, 2.05) is 75.4 Å². The quantitative estimate of drug-likeness (QED) is 0.433. The van der Waals surface area contributed by atoms with Crippen LogP contribution in [0.3, 0.4) is 0 Å². The van der Waals surface area contributed by atoms with Crippen molar-refractivity contribution in [2.75, 3.05) is 11.9 Å². The lowest BCUT2D eigenvalue weighted by atomic mass is 10.00. The average Bonchev–Trinajstić information content (AvgIpc) is 3.19. The molecule has 2 atom stereocenters. The van der Waals surface area contributed by atoms with Gasteiger partial charge in [0.25, 0.3) is 0 Å². The number of carbonyl (C=O) groups is 3. The number of rotatable bonds is 9. The molecule has 1 aliphatic rings. The molecule has 0 radical (unpaired) electrons. The van der Waals surface area contributed by atoms with Gasteiger partial charge in [-0.15, -0.1) is 0 Å². The molecule has 0 aliphatic carbocycles. The van der Waals surface area contributed by atoms with Crippen molar-refractivity contribution in [3.8, 4) is 0 Å². The molecular weight excluding hydrogens is 466 g/mol. The lowest BCUT2D eigenvalue weighted by molar-refractivity contribution is -0.126. The van der Waals surface area contributed by atoms with Crippen LogP contribution >= 0.6 is 0 Å². The zero-order valence-electron chi connectivity index (χ0n) is 21.4. The van der Waals surface area contributed by atoms with E-state index in [0.29, 0.717) is 17.8 Å². The molecule has 1 saturated heterocycles. The van der Waals surface area contributed by atoms with E-state index in [1.54, 1.807) is 24.3 Å². The Bertz CT molecular complexity index is 1240. The van der Waals surface area contributed by atoms with Gasteiger partial charge < -0.3 is 15.4 Å². The number of hydrogen-bond acceptors (Lipinski definition) is 4. The van der Waals surface area contributed by atoms with E-state index in [2.05, 4.69) is 10.6 Å². The number of nitrogens with zero attached hydrogens (tertiary/aromatic N) is 1. The topological polar surface area (TPSA) is 87.7 Å². The van der Waals surface area contributed by atoms with Crippen molar-refractivity contribution in [2.45, 2.75) is 45.9 Å². The van der Waals surface area contributed by atoms with E-state index < -0.39 is 18.2 Å². The molecule has 37 heavy (non-hydrogen) atoms. The predicted octanol–water partition coefficient (Wildman–Crippen LogP) is 5.01. The molecule has 4 rings (SSSR count). The maximum atomic E-state index is 13.3. The largest absolute Gasteiger partial charge is 0.438 e. The van der Waals surface area contributed by atoms with Crippen molar-refractivity contribution in [1.82, 2.24) is 10.2 Å². The van der Waals surface area contributed by atoms with Crippen LogP contribution in [0.5, 0.6) is 0 Å². The minimum Gasteiger partial charge on any atom is -0.438 e. The summed E-state index contributed by atoms with van der Waals surface area (Å²) in [4.78, 5) is 40.2. The minimum absolute atomic E-state index is 0.124. The van der Waals surface area contributed by atoms with Crippen LogP contribution in [-0.2, 0) is 27.3 Å². The Morgan fingerprint density at radius 3 is 2.32 bits per heavy atom. The molecule has 3 amide bonds. The van der Waals surface area contributed by atoms with Crippen LogP contribution in [0, 0.1) is 12.8 Å². The number of benzene rings is 3. The first-order valence-electron chi connectivity index (χ1n) is 12.5. The second-order valence-corrected chi connectivity index (χ2v) is 9.84. The number of cyclic esters (lactones) is 1. The zero-order valence-corrected chi connectivity index (χ0v) is 21.4.